The van der Waals surface area contributed by atoms with Crippen LogP contribution in [0, 0.1) is 5.92 Å². The number of carbonyl (C=O) groups is 1. The van der Waals surface area contributed by atoms with Crippen molar-refractivity contribution < 1.29 is 13.2 Å². The molecule has 1 atom stereocenters. The van der Waals surface area contributed by atoms with E-state index in [0.717, 1.165) is 38.8 Å². The number of piperidine rings is 1. The first-order chi connectivity index (χ1) is 13.0. The predicted octanol–water partition coefficient (Wildman–Crippen LogP) is 1.87. The number of nitrogens with one attached hydrogen (secondary N) is 2. The monoisotopic (exact) mass is 427 g/mol. The lowest BCUT2D eigenvalue weighted by molar-refractivity contribution is -0.126. The van der Waals surface area contributed by atoms with Crippen LogP contribution < -0.4 is 10.6 Å². The Balaban J connectivity index is 0.00000225. The molecule has 156 valence electrons. The number of rotatable bonds is 4. The molecular formula is C20H30ClN3O3S. The zero-order valence-electron chi connectivity index (χ0n) is 16.2. The molecule has 1 aromatic rings. The molecule has 0 spiro atoms. The summed E-state index contributed by atoms with van der Waals surface area (Å²) in [5.74, 6) is -0.00453. The van der Waals surface area contributed by atoms with Crippen LogP contribution in [0.5, 0.6) is 0 Å². The third-order valence-corrected chi connectivity index (χ3v) is 8.08. The number of nitrogens with zero attached hydrogens (tertiary/aromatic N) is 1. The molecule has 0 radical (unpaired) electrons. The quantitative estimate of drug-likeness (QED) is 0.768. The topological polar surface area (TPSA) is 78.5 Å². The zero-order chi connectivity index (χ0) is 18.9. The zero-order valence-corrected chi connectivity index (χ0v) is 17.8. The molecule has 28 heavy (non-hydrogen) atoms. The summed E-state index contributed by atoms with van der Waals surface area (Å²) < 4.78 is 27.6. The fraction of sp³-hybridized carbons (Fsp3) is 0.650. The van der Waals surface area contributed by atoms with E-state index in [1.807, 2.05) is 12.1 Å². The fourth-order valence-corrected chi connectivity index (χ4v) is 6.00. The van der Waals surface area contributed by atoms with Gasteiger partial charge in [-0.3, -0.25) is 4.79 Å². The maximum absolute atomic E-state index is 13.0. The van der Waals surface area contributed by atoms with Crippen molar-refractivity contribution in [1.29, 1.82) is 0 Å². The maximum Gasteiger partial charge on any atom is 0.243 e. The van der Waals surface area contributed by atoms with Gasteiger partial charge in [0.2, 0.25) is 15.9 Å². The predicted molar refractivity (Wildman–Crippen MR) is 111 cm³/mol. The number of hydrogen-bond donors (Lipinski definition) is 2. The summed E-state index contributed by atoms with van der Waals surface area (Å²) in [5, 5.41) is 6.34. The van der Waals surface area contributed by atoms with Gasteiger partial charge in [-0.2, -0.15) is 4.31 Å². The Labute approximate surface area is 173 Å². The van der Waals surface area contributed by atoms with Crippen molar-refractivity contribution in [1.82, 2.24) is 14.9 Å². The van der Waals surface area contributed by atoms with E-state index in [2.05, 4.69) is 10.6 Å². The molecule has 0 bridgehead atoms. The first-order valence-electron chi connectivity index (χ1n) is 10.2. The van der Waals surface area contributed by atoms with Crippen molar-refractivity contribution in [2.24, 2.45) is 5.92 Å². The molecule has 3 aliphatic rings. The van der Waals surface area contributed by atoms with Gasteiger partial charge in [0.25, 0.3) is 0 Å². The molecule has 2 fully saturated rings. The van der Waals surface area contributed by atoms with Gasteiger partial charge in [0.05, 0.1) is 4.90 Å². The summed E-state index contributed by atoms with van der Waals surface area (Å²) in [6, 6.07) is 5.83. The van der Waals surface area contributed by atoms with E-state index in [-0.39, 0.29) is 30.3 Å². The second-order valence-electron chi connectivity index (χ2n) is 8.01. The number of aryl methyl sites for hydroxylation is 2. The summed E-state index contributed by atoms with van der Waals surface area (Å²) in [7, 11) is -3.48. The van der Waals surface area contributed by atoms with Gasteiger partial charge in [-0.05, 0) is 74.8 Å². The van der Waals surface area contributed by atoms with E-state index < -0.39 is 10.0 Å². The van der Waals surface area contributed by atoms with Gasteiger partial charge in [0.1, 0.15) is 0 Å². The van der Waals surface area contributed by atoms with Crippen molar-refractivity contribution in [3.8, 4) is 0 Å². The highest BCUT2D eigenvalue weighted by Crippen LogP contribution is 2.28. The van der Waals surface area contributed by atoms with Crippen LogP contribution in [0.1, 0.15) is 43.2 Å². The summed E-state index contributed by atoms with van der Waals surface area (Å²) in [4.78, 5) is 12.8. The Morgan fingerprint density at radius 3 is 2.46 bits per heavy atom. The van der Waals surface area contributed by atoms with Crippen molar-refractivity contribution in [2.75, 3.05) is 26.2 Å². The summed E-state index contributed by atoms with van der Waals surface area (Å²) in [5.41, 5.74) is 2.47. The van der Waals surface area contributed by atoms with Crippen LogP contribution in [0.15, 0.2) is 23.1 Å². The number of fused-ring (bicyclic) bond motifs is 1. The molecule has 2 heterocycles. The maximum atomic E-state index is 13.0. The Morgan fingerprint density at radius 2 is 1.79 bits per heavy atom. The summed E-state index contributed by atoms with van der Waals surface area (Å²) in [6.45, 7) is 2.61. The van der Waals surface area contributed by atoms with Gasteiger partial charge in [0.15, 0.2) is 0 Å². The minimum absolute atomic E-state index is 0. The van der Waals surface area contributed by atoms with Crippen LogP contribution in [-0.4, -0.2) is 50.9 Å². The Morgan fingerprint density at radius 1 is 1.07 bits per heavy atom. The Bertz CT molecular complexity index is 801. The molecule has 0 aromatic heterocycles. The number of hydrogen-bond acceptors (Lipinski definition) is 4. The highest BCUT2D eigenvalue weighted by Gasteiger charge is 2.33. The average molecular weight is 428 g/mol. The van der Waals surface area contributed by atoms with Gasteiger partial charge >= 0.3 is 0 Å². The van der Waals surface area contributed by atoms with Crippen LogP contribution in [0.25, 0.3) is 0 Å². The molecule has 1 unspecified atom stereocenters. The van der Waals surface area contributed by atoms with Gasteiger partial charge in [-0.15, -0.1) is 12.4 Å². The number of halogens is 1. The number of amides is 1. The summed E-state index contributed by atoms with van der Waals surface area (Å²) in [6.07, 6.45) is 6.49. The Kier molecular flexibility index (Phi) is 7.02. The molecule has 4 rings (SSSR count). The molecule has 1 aliphatic carbocycles. The number of sulfonamides is 1. The second-order valence-corrected chi connectivity index (χ2v) is 9.95. The van der Waals surface area contributed by atoms with Crippen LogP contribution in [-0.2, 0) is 27.7 Å². The van der Waals surface area contributed by atoms with Crippen molar-refractivity contribution in [3.05, 3.63) is 29.3 Å². The minimum Gasteiger partial charge on any atom is -0.352 e. The van der Waals surface area contributed by atoms with E-state index in [9.17, 15) is 13.2 Å². The third kappa shape index (κ3) is 4.53. The molecule has 2 saturated heterocycles. The minimum atomic E-state index is -3.48. The molecule has 6 nitrogen and oxygen atoms in total. The van der Waals surface area contributed by atoms with Crippen LogP contribution in [0.2, 0.25) is 0 Å². The average Bonchev–Trinajstić information content (AvgIpc) is 3.20. The molecule has 1 amide bonds. The SMILES string of the molecule is Cl.O=C(NC1CCNC1)C1CCN(S(=O)(=O)c2ccc3c(c2)CCCC3)CC1. The van der Waals surface area contributed by atoms with Crippen molar-refractivity contribution >= 4 is 28.3 Å². The van der Waals surface area contributed by atoms with E-state index >= 15 is 0 Å². The van der Waals surface area contributed by atoms with Crippen LogP contribution >= 0.6 is 12.4 Å². The van der Waals surface area contributed by atoms with Crippen LogP contribution in [0.4, 0.5) is 0 Å². The van der Waals surface area contributed by atoms with Gasteiger partial charge < -0.3 is 10.6 Å². The fourth-order valence-electron chi connectivity index (χ4n) is 4.47. The lowest BCUT2D eigenvalue weighted by Crippen LogP contribution is -2.45. The van der Waals surface area contributed by atoms with Crippen LogP contribution in [0.3, 0.4) is 0 Å². The number of carbonyl (C=O) groups excluding carboxylic acids is 1. The van der Waals surface area contributed by atoms with Crippen molar-refractivity contribution in [2.45, 2.75) is 55.9 Å². The van der Waals surface area contributed by atoms with E-state index in [0.29, 0.717) is 30.8 Å². The van der Waals surface area contributed by atoms with E-state index in [1.54, 1.807) is 10.4 Å². The van der Waals surface area contributed by atoms with Gasteiger partial charge in [-0.1, -0.05) is 6.07 Å². The van der Waals surface area contributed by atoms with Gasteiger partial charge in [0, 0.05) is 31.6 Å². The lowest BCUT2D eigenvalue weighted by atomic mass is 9.92. The third-order valence-electron chi connectivity index (χ3n) is 6.19. The normalized spacial score (nSPS) is 23.6. The molecule has 8 heteroatoms. The molecule has 2 N–H and O–H groups in total. The van der Waals surface area contributed by atoms with E-state index in [4.69, 9.17) is 0 Å². The highest BCUT2D eigenvalue weighted by atomic mass is 35.5. The largest absolute Gasteiger partial charge is 0.352 e. The highest BCUT2D eigenvalue weighted by molar-refractivity contribution is 7.89. The number of benzene rings is 1. The molecule has 2 aliphatic heterocycles. The Hall–Kier alpha value is -1.15. The first-order valence-corrected chi connectivity index (χ1v) is 11.6. The molecular weight excluding hydrogens is 398 g/mol. The molecule has 1 aromatic carbocycles. The summed E-state index contributed by atoms with van der Waals surface area (Å²) >= 11 is 0. The van der Waals surface area contributed by atoms with Crippen molar-refractivity contribution in [3.63, 3.8) is 0 Å². The van der Waals surface area contributed by atoms with E-state index in [1.165, 1.54) is 17.5 Å². The standard InChI is InChI=1S/C20H29N3O3S.ClH/c24-20(22-18-7-10-21-14-18)16-8-11-23(12-9-16)27(25,26)19-6-5-15-3-1-2-4-17(15)13-19;/h5-6,13,16,18,21H,1-4,7-12,14H2,(H,22,24);1H. The van der Waals surface area contributed by atoms with Gasteiger partial charge in [-0.25, -0.2) is 8.42 Å². The molecule has 0 saturated carbocycles. The smallest absolute Gasteiger partial charge is 0.243 e. The lowest BCUT2D eigenvalue weighted by Gasteiger charge is -2.31. The first kappa shape index (κ1) is 21.6. The second kappa shape index (κ2) is 9.11.